The second-order valence-electron chi connectivity index (χ2n) is 5.52. The largest absolute Gasteiger partial charge is 0.490 e. The van der Waals surface area contributed by atoms with E-state index in [1.807, 2.05) is 25.1 Å². The molecule has 0 spiro atoms. The third-order valence-corrected chi connectivity index (χ3v) is 3.34. The van der Waals surface area contributed by atoms with Gasteiger partial charge in [-0.3, -0.25) is 0 Å². The molecule has 0 bridgehead atoms. The summed E-state index contributed by atoms with van der Waals surface area (Å²) in [5, 5.41) is 3.63. The third-order valence-electron chi connectivity index (χ3n) is 3.34. The van der Waals surface area contributed by atoms with Crippen LogP contribution in [0, 0.1) is 6.92 Å². The molecule has 2 aromatic rings. The molecule has 0 saturated carbocycles. The van der Waals surface area contributed by atoms with Crippen molar-refractivity contribution in [2.45, 2.75) is 40.2 Å². The third kappa shape index (κ3) is 6.23. The van der Waals surface area contributed by atoms with Gasteiger partial charge in [0.2, 0.25) is 0 Å². The van der Waals surface area contributed by atoms with E-state index in [9.17, 15) is 4.79 Å². The summed E-state index contributed by atoms with van der Waals surface area (Å²) in [6.45, 7) is 6.84. The van der Waals surface area contributed by atoms with Gasteiger partial charge in [0.1, 0.15) is 0 Å². The number of carbonyl (C=O) groups is 1. The highest BCUT2D eigenvalue weighted by atomic mass is 16.6. The molecule has 1 aromatic carbocycles. The van der Waals surface area contributed by atoms with Crippen molar-refractivity contribution < 1.29 is 23.5 Å². The number of esters is 1. The van der Waals surface area contributed by atoms with Crippen molar-refractivity contribution in [1.29, 1.82) is 0 Å². The Morgan fingerprint density at radius 3 is 2.77 bits per heavy atom. The van der Waals surface area contributed by atoms with Gasteiger partial charge in [0.05, 0.1) is 13.2 Å². The minimum absolute atomic E-state index is 0.0571. The van der Waals surface area contributed by atoms with Gasteiger partial charge in [0.15, 0.2) is 23.9 Å². The van der Waals surface area contributed by atoms with Crippen LogP contribution in [-0.4, -0.2) is 29.3 Å². The van der Waals surface area contributed by atoms with Crippen LogP contribution >= 0.6 is 0 Å². The molecule has 2 rings (SSSR count). The minimum atomic E-state index is -0.498. The van der Waals surface area contributed by atoms with Gasteiger partial charge in [-0.15, -0.1) is 0 Å². The molecule has 26 heavy (non-hydrogen) atoms. The maximum Gasteiger partial charge on any atom is 0.331 e. The standard InChI is InChI=1S/C19H24N2O5/c1-4-6-11-24-16-9-7-15(12-17(16)23-5-2)8-10-19(22)25-13-18-20-14(3)21-26-18/h7-10,12H,4-6,11,13H2,1-3H3/b10-8+. The molecule has 140 valence electrons. The van der Waals surface area contributed by atoms with Crippen molar-refractivity contribution in [3.8, 4) is 11.5 Å². The van der Waals surface area contributed by atoms with Crippen LogP contribution in [0.15, 0.2) is 28.8 Å². The molecule has 0 aliphatic carbocycles. The minimum Gasteiger partial charge on any atom is -0.490 e. The molecule has 1 heterocycles. The van der Waals surface area contributed by atoms with Gasteiger partial charge < -0.3 is 18.7 Å². The smallest absolute Gasteiger partial charge is 0.331 e. The van der Waals surface area contributed by atoms with E-state index < -0.39 is 5.97 Å². The van der Waals surface area contributed by atoms with E-state index in [-0.39, 0.29) is 12.5 Å². The van der Waals surface area contributed by atoms with Crippen molar-refractivity contribution >= 4 is 12.0 Å². The monoisotopic (exact) mass is 360 g/mol. The number of aromatic nitrogens is 2. The molecular formula is C19H24N2O5. The Morgan fingerprint density at radius 1 is 1.23 bits per heavy atom. The number of ether oxygens (including phenoxy) is 3. The number of hydrogen-bond donors (Lipinski definition) is 0. The molecule has 0 N–H and O–H groups in total. The Morgan fingerprint density at radius 2 is 2.08 bits per heavy atom. The summed E-state index contributed by atoms with van der Waals surface area (Å²) in [7, 11) is 0. The molecule has 0 radical (unpaired) electrons. The summed E-state index contributed by atoms with van der Waals surface area (Å²) >= 11 is 0. The molecule has 1 aromatic heterocycles. The van der Waals surface area contributed by atoms with Crippen LogP contribution in [0.25, 0.3) is 6.08 Å². The number of aryl methyl sites for hydroxylation is 1. The molecule has 0 unspecified atom stereocenters. The average Bonchev–Trinajstić information content (AvgIpc) is 3.05. The average molecular weight is 360 g/mol. The van der Waals surface area contributed by atoms with Crippen molar-refractivity contribution in [1.82, 2.24) is 10.1 Å². The quantitative estimate of drug-likeness (QED) is 0.363. The van der Waals surface area contributed by atoms with Gasteiger partial charge in [-0.2, -0.15) is 4.98 Å². The molecule has 0 saturated heterocycles. The summed E-state index contributed by atoms with van der Waals surface area (Å²) < 4.78 is 21.3. The van der Waals surface area contributed by atoms with Crippen molar-refractivity contribution in [2.75, 3.05) is 13.2 Å². The zero-order valence-corrected chi connectivity index (χ0v) is 15.4. The van der Waals surface area contributed by atoms with Gasteiger partial charge in [-0.05, 0) is 44.0 Å². The lowest BCUT2D eigenvalue weighted by molar-refractivity contribution is -0.139. The van der Waals surface area contributed by atoms with E-state index in [0.717, 1.165) is 18.4 Å². The number of hydrogen-bond acceptors (Lipinski definition) is 7. The fourth-order valence-electron chi connectivity index (χ4n) is 2.09. The lowest BCUT2D eigenvalue weighted by Gasteiger charge is -2.12. The Hall–Kier alpha value is -2.83. The Kier molecular flexibility index (Phi) is 7.67. The van der Waals surface area contributed by atoms with Gasteiger partial charge in [-0.1, -0.05) is 24.6 Å². The van der Waals surface area contributed by atoms with Crippen LogP contribution in [0.5, 0.6) is 11.5 Å². The van der Waals surface area contributed by atoms with Gasteiger partial charge in [0, 0.05) is 6.08 Å². The number of carbonyl (C=O) groups excluding carboxylic acids is 1. The van der Waals surface area contributed by atoms with E-state index in [2.05, 4.69) is 17.1 Å². The van der Waals surface area contributed by atoms with Crippen molar-refractivity contribution in [2.24, 2.45) is 0 Å². The first kappa shape index (κ1) is 19.5. The lowest BCUT2D eigenvalue weighted by atomic mass is 10.2. The number of benzene rings is 1. The zero-order chi connectivity index (χ0) is 18.8. The summed E-state index contributed by atoms with van der Waals surface area (Å²) in [5.74, 6) is 1.61. The predicted octanol–water partition coefficient (Wildman–Crippen LogP) is 3.71. The highest BCUT2D eigenvalue weighted by molar-refractivity contribution is 5.87. The molecular weight excluding hydrogens is 336 g/mol. The molecule has 7 heteroatoms. The maximum absolute atomic E-state index is 11.8. The van der Waals surface area contributed by atoms with E-state index >= 15 is 0 Å². The van der Waals surface area contributed by atoms with E-state index in [1.165, 1.54) is 6.08 Å². The highest BCUT2D eigenvalue weighted by Gasteiger charge is 2.07. The first-order chi connectivity index (χ1) is 12.6. The zero-order valence-electron chi connectivity index (χ0n) is 15.4. The SMILES string of the molecule is CCCCOc1ccc(/C=C/C(=O)OCc2nc(C)no2)cc1OCC. The Balaban J connectivity index is 1.95. The van der Waals surface area contributed by atoms with Crippen LogP contribution in [0.4, 0.5) is 0 Å². The van der Waals surface area contributed by atoms with Crippen LogP contribution < -0.4 is 9.47 Å². The summed E-state index contributed by atoms with van der Waals surface area (Å²) in [5.41, 5.74) is 0.807. The van der Waals surface area contributed by atoms with Crippen LogP contribution in [0.1, 0.15) is 44.0 Å². The fraction of sp³-hybridized carbons (Fsp3) is 0.421. The Labute approximate surface area is 153 Å². The highest BCUT2D eigenvalue weighted by Crippen LogP contribution is 2.29. The van der Waals surface area contributed by atoms with Crippen LogP contribution in [0.3, 0.4) is 0 Å². The predicted molar refractivity (Wildman–Crippen MR) is 95.9 cm³/mol. The fourth-order valence-corrected chi connectivity index (χ4v) is 2.09. The second-order valence-corrected chi connectivity index (χ2v) is 5.52. The van der Waals surface area contributed by atoms with Gasteiger partial charge in [-0.25, -0.2) is 4.79 Å². The van der Waals surface area contributed by atoms with Crippen molar-refractivity contribution in [3.05, 3.63) is 41.6 Å². The first-order valence-electron chi connectivity index (χ1n) is 8.66. The summed E-state index contributed by atoms with van der Waals surface area (Å²) in [6.07, 6.45) is 5.04. The lowest BCUT2D eigenvalue weighted by Crippen LogP contribution is -2.02. The molecule has 0 aliphatic rings. The normalized spacial score (nSPS) is 10.9. The van der Waals surface area contributed by atoms with Crippen LogP contribution in [0.2, 0.25) is 0 Å². The number of rotatable bonds is 10. The summed E-state index contributed by atoms with van der Waals surface area (Å²) in [4.78, 5) is 15.8. The molecule has 7 nitrogen and oxygen atoms in total. The molecule has 0 atom stereocenters. The van der Waals surface area contributed by atoms with E-state index in [0.29, 0.717) is 30.5 Å². The first-order valence-corrected chi connectivity index (χ1v) is 8.66. The number of unbranched alkanes of at least 4 members (excludes halogenated alkanes) is 1. The van der Waals surface area contributed by atoms with E-state index in [1.54, 1.807) is 13.0 Å². The van der Waals surface area contributed by atoms with Crippen LogP contribution in [-0.2, 0) is 16.1 Å². The maximum atomic E-state index is 11.8. The molecule has 0 amide bonds. The van der Waals surface area contributed by atoms with Gasteiger partial charge in [0.25, 0.3) is 5.89 Å². The molecule has 0 aliphatic heterocycles. The van der Waals surface area contributed by atoms with Crippen molar-refractivity contribution in [3.63, 3.8) is 0 Å². The van der Waals surface area contributed by atoms with E-state index in [4.69, 9.17) is 18.7 Å². The van der Waals surface area contributed by atoms with Gasteiger partial charge >= 0.3 is 5.97 Å². The Bertz CT molecular complexity index is 739. The molecule has 0 fully saturated rings. The number of nitrogens with zero attached hydrogens (tertiary/aromatic N) is 2. The topological polar surface area (TPSA) is 83.7 Å². The summed E-state index contributed by atoms with van der Waals surface area (Å²) in [6, 6.07) is 5.53. The second kappa shape index (κ2) is 10.2.